The highest BCUT2D eigenvalue weighted by molar-refractivity contribution is 5.93. The van der Waals surface area contributed by atoms with Crippen molar-refractivity contribution in [3.63, 3.8) is 0 Å². The lowest BCUT2D eigenvalue weighted by Crippen LogP contribution is -2.46. The smallest absolute Gasteiger partial charge is 0.343 e. The number of rotatable bonds is 5. The van der Waals surface area contributed by atoms with Gasteiger partial charge in [0.25, 0.3) is 5.56 Å². The number of fused-ring (bicyclic) bond motifs is 5. The minimum atomic E-state index is -1.32. The molecule has 1 aliphatic carbocycles. The van der Waals surface area contributed by atoms with Crippen LogP contribution in [0.2, 0.25) is 0 Å². The third-order valence-corrected chi connectivity index (χ3v) is 8.49. The van der Waals surface area contributed by atoms with Crippen molar-refractivity contribution < 1.29 is 18.7 Å². The minimum absolute atomic E-state index is 0.0714. The highest BCUT2D eigenvalue weighted by atomic mass is 19.1. The maximum atomic E-state index is 15.0. The van der Waals surface area contributed by atoms with Crippen LogP contribution in [0.1, 0.15) is 72.5 Å². The molecule has 0 N–H and O–H groups in total. The first-order valence-corrected chi connectivity index (χ1v) is 13.1. The average Bonchev–Trinajstić information content (AvgIpc) is 3.25. The average molecular weight is 506 g/mol. The molecule has 2 aliphatic heterocycles. The van der Waals surface area contributed by atoms with E-state index in [1.807, 2.05) is 26.8 Å². The minimum Gasteiger partial charge on any atom is -0.458 e. The number of carbonyl (C=O) groups excluding carboxylic acids is 1. The number of aryl methyl sites for hydroxylation is 1. The number of hydrogen-bond acceptors (Lipinski definition) is 6. The molecule has 6 rings (SSSR count). The molecule has 2 atom stereocenters. The molecule has 0 radical (unpaired) electrons. The van der Waals surface area contributed by atoms with Gasteiger partial charge in [-0.3, -0.25) is 4.79 Å². The fourth-order valence-corrected chi connectivity index (χ4v) is 6.55. The zero-order valence-electron chi connectivity index (χ0n) is 22.0. The Morgan fingerprint density at radius 2 is 2.00 bits per heavy atom. The molecule has 0 saturated carbocycles. The van der Waals surface area contributed by atoms with Gasteiger partial charge in [0.05, 0.1) is 29.0 Å². The second-order valence-corrected chi connectivity index (χ2v) is 10.6. The Labute approximate surface area is 215 Å². The van der Waals surface area contributed by atoms with Crippen LogP contribution in [0.4, 0.5) is 4.39 Å². The third kappa shape index (κ3) is 3.21. The Morgan fingerprint density at radius 1 is 1.22 bits per heavy atom. The summed E-state index contributed by atoms with van der Waals surface area (Å²) in [4.78, 5) is 34.1. The van der Waals surface area contributed by atoms with Gasteiger partial charge < -0.3 is 18.9 Å². The first-order valence-electron chi connectivity index (χ1n) is 13.1. The van der Waals surface area contributed by atoms with Gasteiger partial charge in [-0.2, -0.15) is 0 Å². The topological polar surface area (TPSA) is 73.7 Å². The fraction of sp³-hybridized carbons (Fsp3) is 0.483. The molecule has 4 heterocycles. The summed E-state index contributed by atoms with van der Waals surface area (Å²) in [6.07, 6.45) is 2.73. The van der Waals surface area contributed by atoms with Crippen molar-refractivity contribution in [3.05, 3.63) is 61.7 Å². The maximum Gasteiger partial charge on any atom is 0.343 e. The van der Waals surface area contributed by atoms with Crippen molar-refractivity contribution in [2.24, 2.45) is 0 Å². The Kier molecular flexibility index (Phi) is 5.55. The maximum absolute atomic E-state index is 15.0. The first-order chi connectivity index (χ1) is 17.7. The van der Waals surface area contributed by atoms with Gasteiger partial charge in [0, 0.05) is 35.2 Å². The van der Waals surface area contributed by atoms with Crippen LogP contribution in [0.3, 0.4) is 0 Å². The highest BCUT2D eigenvalue weighted by Crippen LogP contribution is 2.47. The summed E-state index contributed by atoms with van der Waals surface area (Å²) in [5.74, 6) is -0.722. The van der Waals surface area contributed by atoms with Gasteiger partial charge in [0.2, 0.25) is 0 Å². The van der Waals surface area contributed by atoms with Crippen LogP contribution in [0.25, 0.3) is 22.3 Å². The summed E-state index contributed by atoms with van der Waals surface area (Å²) in [6, 6.07) is 3.55. The van der Waals surface area contributed by atoms with Crippen molar-refractivity contribution in [2.45, 2.75) is 71.2 Å². The Hall–Kier alpha value is -3.10. The van der Waals surface area contributed by atoms with E-state index >= 15 is 0 Å². The van der Waals surface area contributed by atoms with Crippen LogP contribution in [0, 0.1) is 12.7 Å². The standard InChI is InChI=1S/C29H32FN3O4/c1-6-10-37-29(7-2)19-11-23-26-17(13-33(23)27(34)18(19)14-36-28(29)35)25-22(32(4)5)9-8-16-15(3)20(30)12-21(31-26)24(16)25/h11-12,22H,6-10,13-14H2,1-5H3. The molecular weight excluding hydrogens is 473 g/mol. The number of pyridine rings is 2. The van der Waals surface area contributed by atoms with Gasteiger partial charge in [-0.15, -0.1) is 0 Å². The van der Waals surface area contributed by atoms with E-state index in [0.717, 1.165) is 41.3 Å². The van der Waals surface area contributed by atoms with E-state index in [0.29, 0.717) is 53.2 Å². The Bertz CT molecular complexity index is 1540. The normalized spacial score (nSPS) is 21.7. The predicted molar refractivity (Wildman–Crippen MR) is 138 cm³/mol. The molecule has 0 spiro atoms. The second-order valence-electron chi connectivity index (χ2n) is 10.6. The van der Waals surface area contributed by atoms with Crippen molar-refractivity contribution >= 4 is 16.9 Å². The number of benzene rings is 1. The lowest BCUT2D eigenvalue weighted by molar-refractivity contribution is -0.181. The Morgan fingerprint density at radius 3 is 2.70 bits per heavy atom. The summed E-state index contributed by atoms with van der Waals surface area (Å²) in [5.41, 5.74) is 5.28. The van der Waals surface area contributed by atoms with Crippen LogP contribution in [0.15, 0.2) is 16.9 Å². The molecule has 194 valence electrons. The Balaban J connectivity index is 1.66. The molecule has 0 saturated heterocycles. The van der Waals surface area contributed by atoms with Crippen molar-refractivity contribution in [1.29, 1.82) is 0 Å². The monoisotopic (exact) mass is 505 g/mol. The van der Waals surface area contributed by atoms with Gasteiger partial charge in [-0.05, 0) is 69.5 Å². The van der Waals surface area contributed by atoms with E-state index in [1.165, 1.54) is 6.07 Å². The zero-order valence-corrected chi connectivity index (χ0v) is 22.0. The van der Waals surface area contributed by atoms with E-state index < -0.39 is 11.6 Å². The summed E-state index contributed by atoms with van der Waals surface area (Å²) in [7, 11) is 4.11. The zero-order chi connectivity index (χ0) is 26.2. The molecular formula is C29H32FN3O4. The van der Waals surface area contributed by atoms with Crippen molar-refractivity contribution in [2.75, 3.05) is 20.7 Å². The van der Waals surface area contributed by atoms with Crippen LogP contribution in [-0.4, -0.2) is 41.1 Å². The number of aromatic nitrogens is 2. The molecule has 8 heteroatoms. The van der Waals surface area contributed by atoms with Crippen molar-refractivity contribution in [3.8, 4) is 11.4 Å². The van der Waals surface area contributed by atoms with E-state index in [9.17, 15) is 14.0 Å². The number of nitrogens with zero attached hydrogens (tertiary/aromatic N) is 3. The van der Waals surface area contributed by atoms with Gasteiger partial charge in [0.15, 0.2) is 5.60 Å². The van der Waals surface area contributed by atoms with Gasteiger partial charge in [-0.25, -0.2) is 14.2 Å². The number of esters is 1. The van der Waals surface area contributed by atoms with E-state index in [4.69, 9.17) is 14.5 Å². The molecule has 0 fully saturated rings. The van der Waals surface area contributed by atoms with E-state index in [1.54, 1.807) is 4.57 Å². The van der Waals surface area contributed by atoms with Gasteiger partial charge in [0.1, 0.15) is 12.4 Å². The first kappa shape index (κ1) is 24.2. The van der Waals surface area contributed by atoms with Crippen LogP contribution in [0.5, 0.6) is 0 Å². The summed E-state index contributed by atoms with van der Waals surface area (Å²) < 4.78 is 28.3. The van der Waals surface area contributed by atoms with E-state index in [-0.39, 0.29) is 24.0 Å². The number of cyclic esters (lactones) is 1. The lowest BCUT2D eigenvalue weighted by Gasteiger charge is -2.36. The molecule has 2 unspecified atom stereocenters. The molecule has 0 amide bonds. The number of halogens is 1. The van der Waals surface area contributed by atoms with Crippen LogP contribution < -0.4 is 5.56 Å². The summed E-state index contributed by atoms with van der Waals surface area (Å²) >= 11 is 0. The molecule has 2 aromatic heterocycles. The highest BCUT2D eigenvalue weighted by Gasteiger charge is 2.48. The molecule has 0 bridgehead atoms. The van der Waals surface area contributed by atoms with Gasteiger partial charge in [-0.1, -0.05) is 13.8 Å². The fourth-order valence-electron chi connectivity index (χ4n) is 6.55. The number of hydrogen-bond donors (Lipinski definition) is 0. The molecule has 3 aromatic rings. The molecule has 1 aromatic carbocycles. The number of ether oxygens (including phenoxy) is 2. The predicted octanol–water partition coefficient (Wildman–Crippen LogP) is 4.51. The van der Waals surface area contributed by atoms with Gasteiger partial charge >= 0.3 is 5.97 Å². The summed E-state index contributed by atoms with van der Waals surface area (Å²) in [5, 5.41) is 1.01. The molecule has 37 heavy (non-hydrogen) atoms. The lowest BCUT2D eigenvalue weighted by atomic mass is 9.81. The molecule has 7 nitrogen and oxygen atoms in total. The third-order valence-electron chi connectivity index (χ3n) is 8.49. The quantitative estimate of drug-likeness (QED) is 0.372. The second kappa shape index (κ2) is 8.46. The number of carbonyl (C=O) groups is 1. The van der Waals surface area contributed by atoms with Crippen LogP contribution in [-0.2, 0) is 39.4 Å². The van der Waals surface area contributed by atoms with Crippen LogP contribution >= 0.6 is 0 Å². The summed E-state index contributed by atoms with van der Waals surface area (Å²) in [6.45, 7) is 6.37. The largest absolute Gasteiger partial charge is 0.458 e. The van der Waals surface area contributed by atoms with E-state index in [2.05, 4.69) is 19.0 Å². The molecule has 3 aliphatic rings. The van der Waals surface area contributed by atoms with Crippen molar-refractivity contribution in [1.82, 2.24) is 14.5 Å². The SMILES string of the molecule is CCCOC1(CC)C(=O)OCc2c1cc1n(c2=O)Cc2c-1nc1cc(F)c(C)c3c1c2C(N(C)C)CC3.